The molecule has 1 aromatic heterocycles. The quantitative estimate of drug-likeness (QED) is 0.917. The number of hydrogen-bond acceptors (Lipinski definition) is 5. The third kappa shape index (κ3) is 2.71. The summed E-state index contributed by atoms with van der Waals surface area (Å²) in [7, 11) is 0. The van der Waals surface area contributed by atoms with Gasteiger partial charge in [-0.15, -0.1) is 0 Å². The van der Waals surface area contributed by atoms with Crippen LogP contribution in [0.25, 0.3) is 11.3 Å². The fourth-order valence-corrected chi connectivity index (χ4v) is 2.31. The summed E-state index contributed by atoms with van der Waals surface area (Å²) < 4.78 is 10.2. The number of ether oxygens (including phenoxy) is 1. The molecule has 2 heterocycles. The fourth-order valence-electron chi connectivity index (χ4n) is 2.31. The molecule has 7 nitrogen and oxygen atoms in total. The summed E-state index contributed by atoms with van der Waals surface area (Å²) in [6, 6.07) is 9.79. The van der Waals surface area contributed by atoms with Crippen LogP contribution in [0.3, 0.4) is 0 Å². The number of aromatic nitrogens is 1. The molecule has 114 valence electrons. The average molecular weight is 302 g/mol. The number of carbonyl (C=O) groups excluding carboxylic acids is 1. The summed E-state index contributed by atoms with van der Waals surface area (Å²) in [5, 5.41) is 13.0. The summed E-state index contributed by atoms with van der Waals surface area (Å²) in [4.78, 5) is 24.9. The molecule has 0 spiro atoms. The molecule has 1 aliphatic rings. The zero-order valence-corrected chi connectivity index (χ0v) is 11.6. The maximum Gasteiger partial charge on any atom is 0.328 e. The molecule has 1 N–H and O–H groups in total. The Hall–Kier alpha value is -2.67. The lowest BCUT2D eigenvalue weighted by molar-refractivity contribution is -0.147. The molecule has 1 aromatic carbocycles. The van der Waals surface area contributed by atoms with Gasteiger partial charge in [-0.2, -0.15) is 0 Å². The van der Waals surface area contributed by atoms with Crippen LogP contribution >= 0.6 is 0 Å². The summed E-state index contributed by atoms with van der Waals surface area (Å²) in [5.74, 6) is -1.58. The number of carboxylic acids is 1. The van der Waals surface area contributed by atoms with Crippen molar-refractivity contribution in [1.82, 2.24) is 10.1 Å². The number of nitrogens with zero attached hydrogens (tertiary/aromatic N) is 2. The van der Waals surface area contributed by atoms with Crippen molar-refractivity contribution < 1.29 is 24.0 Å². The molecule has 1 amide bonds. The average Bonchev–Trinajstić information content (AvgIpc) is 3.05. The zero-order chi connectivity index (χ0) is 15.5. The molecular weight excluding hydrogens is 288 g/mol. The Bertz CT molecular complexity index is 682. The highest BCUT2D eigenvalue weighted by Gasteiger charge is 2.34. The standard InChI is InChI=1S/C15H14N2O5/c18-14(17-6-7-21-9-12(17)15(19)20)13-8-11(16-22-13)10-4-2-1-3-5-10/h1-5,8,12H,6-7,9H2,(H,19,20)/t12-/m1/s1. The van der Waals surface area contributed by atoms with Gasteiger partial charge in [0, 0.05) is 18.2 Å². The predicted molar refractivity (Wildman–Crippen MR) is 75.2 cm³/mol. The van der Waals surface area contributed by atoms with Gasteiger partial charge in [0.25, 0.3) is 5.91 Å². The lowest BCUT2D eigenvalue weighted by Gasteiger charge is -2.31. The van der Waals surface area contributed by atoms with Gasteiger partial charge >= 0.3 is 5.97 Å². The van der Waals surface area contributed by atoms with Gasteiger partial charge in [-0.05, 0) is 0 Å². The first-order valence-electron chi connectivity index (χ1n) is 6.80. The molecule has 3 rings (SSSR count). The highest BCUT2D eigenvalue weighted by Crippen LogP contribution is 2.20. The van der Waals surface area contributed by atoms with Crippen molar-refractivity contribution in [2.24, 2.45) is 0 Å². The number of hydrogen-bond donors (Lipinski definition) is 1. The Balaban J connectivity index is 1.83. The van der Waals surface area contributed by atoms with Crippen molar-refractivity contribution in [2.45, 2.75) is 6.04 Å². The van der Waals surface area contributed by atoms with Crippen molar-refractivity contribution in [1.29, 1.82) is 0 Å². The maximum absolute atomic E-state index is 12.4. The third-order valence-corrected chi connectivity index (χ3v) is 3.46. The highest BCUT2D eigenvalue weighted by atomic mass is 16.5. The molecule has 1 saturated heterocycles. The van der Waals surface area contributed by atoms with E-state index in [0.717, 1.165) is 5.56 Å². The lowest BCUT2D eigenvalue weighted by atomic mass is 10.1. The molecule has 7 heteroatoms. The van der Waals surface area contributed by atoms with Crippen LogP contribution < -0.4 is 0 Å². The minimum absolute atomic E-state index is 0.0204. The van der Waals surface area contributed by atoms with E-state index in [-0.39, 0.29) is 18.9 Å². The molecule has 1 aliphatic heterocycles. The monoisotopic (exact) mass is 302 g/mol. The van der Waals surface area contributed by atoms with Gasteiger partial charge in [0.1, 0.15) is 5.69 Å². The van der Waals surface area contributed by atoms with E-state index in [2.05, 4.69) is 5.16 Å². The highest BCUT2D eigenvalue weighted by molar-refractivity contribution is 5.95. The van der Waals surface area contributed by atoms with E-state index in [1.807, 2.05) is 30.3 Å². The number of aliphatic carboxylic acids is 1. The number of rotatable bonds is 3. The third-order valence-electron chi connectivity index (χ3n) is 3.46. The normalized spacial score (nSPS) is 18.2. The second kappa shape index (κ2) is 5.98. The molecule has 1 atom stereocenters. The Morgan fingerprint density at radius 2 is 2.05 bits per heavy atom. The Kier molecular flexibility index (Phi) is 3.88. The first kappa shape index (κ1) is 14.3. The van der Waals surface area contributed by atoms with Gasteiger partial charge < -0.3 is 19.3 Å². The van der Waals surface area contributed by atoms with E-state index in [9.17, 15) is 9.59 Å². The van der Waals surface area contributed by atoms with E-state index in [0.29, 0.717) is 12.3 Å². The van der Waals surface area contributed by atoms with Crippen LogP contribution in [0.2, 0.25) is 0 Å². The maximum atomic E-state index is 12.4. The molecule has 1 fully saturated rings. The van der Waals surface area contributed by atoms with Crippen LogP contribution in [-0.2, 0) is 9.53 Å². The van der Waals surface area contributed by atoms with Gasteiger partial charge in [-0.25, -0.2) is 4.79 Å². The molecule has 0 radical (unpaired) electrons. The van der Waals surface area contributed by atoms with E-state index in [1.165, 1.54) is 11.0 Å². The van der Waals surface area contributed by atoms with Gasteiger partial charge in [0.15, 0.2) is 6.04 Å². The smallest absolute Gasteiger partial charge is 0.328 e. The first-order chi connectivity index (χ1) is 10.7. The number of carbonyl (C=O) groups is 2. The largest absolute Gasteiger partial charge is 0.480 e. The van der Waals surface area contributed by atoms with E-state index in [4.69, 9.17) is 14.4 Å². The number of amides is 1. The second-order valence-electron chi connectivity index (χ2n) is 4.87. The van der Waals surface area contributed by atoms with Crippen LogP contribution in [0.1, 0.15) is 10.6 Å². The van der Waals surface area contributed by atoms with E-state index >= 15 is 0 Å². The van der Waals surface area contributed by atoms with Gasteiger partial charge in [-0.1, -0.05) is 35.5 Å². The SMILES string of the molecule is O=C(O)[C@H]1COCCN1C(=O)c1cc(-c2ccccc2)no1. The summed E-state index contributed by atoms with van der Waals surface area (Å²) in [6.45, 7) is 0.479. The minimum atomic E-state index is -1.10. The van der Waals surface area contributed by atoms with E-state index in [1.54, 1.807) is 0 Å². The van der Waals surface area contributed by atoms with Crippen molar-refractivity contribution >= 4 is 11.9 Å². The second-order valence-corrected chi connectivity index (χ2v) is 4.87. The summed E-state index contributed by atoms with van der Waals surface area (Å²) >= 11 is 0. The topological polar surface area (TPSA) is 92.9 Å². The molecular formula is C15H14N2O5. The molecule has 22 heavy (non-hydrogen) atoms. The van der Waals surface area contributed by atoms with Crippen LogP contribution in [0, 0.1) is 0 Å². The number of benzene rings is 1. The van der Waals surface area contributed by atoms with Crippen LogP contribution in [0.5, 0.6) is 0 Å². The first-order valence-corrected chi connectivity index (χ1v) is 6.80. The lowest BCUT2D eigenvalue weighted by Crippen LogP contribution is -2.52. The Morgan fingerprint density at radius 3 is 2.77 bits per heavy atom. The van der Waals surface area contributed by atoms with Crippen LogP contribution in [0.4, 0.5) is 0 Å². The molecule has 0 bridgehead atoms. The molecule has 2 aromatic rings. The predicted octanol–water partition coefficient (Wildman–Crippen LogP) is 1.27. The van der Waals surface area contributed by atoms with Crippen molar-refractivity contribution in [3.8, 4) is 11.3 Å². The van der Waals surface area contributed by atoms with Crippen molar-refractivity contribution in [2.75, 3.05) is 19.8 Å². The number of morpholine rings is 1. The summed E-state index contributed by atoms with van der Waals surface area (Å²) in [5.41, 5.74) is 1.35. The van der Waals surface area contributed by atoms with Gasteiger partial charge in [-0.3, -0.25) is 4.79 Å². The van der Waals surface area contributed by atoms with Gasteiger partial charge in [0.05, 0.1) is 13.2 Å². The summed E-state index contributed by atoms with van der Waals surface area (Å²) in [6.07, 6.45) is 0. The zero-order valence-electron chi connectivity index (χ0n) is 11.6. The fraction of sp³-hybridized carbons (Fsp3) is 0.267. The van der Waals surface area contributed by atoms with Crippen LogP contribution in [0.15, 0.2) is 40.9 Å². The molecule has 0 aliphatic carbocycles. The number of carboxylic acid groups (broad SMARTS) is 1. The van der Waals surface area contributed by atoms with Crippen LogP contribution in [-0.4, -0.2) is 52.8 Å². The minimum Gasteiger partial charge on any atom is -0.480 e. The van der Waals surface area contributed by atoms with Crippen molar-refractivity contribution in [3.05, 3.63) is 42.2 Å². The Labute approximate surface area is 126 Å². The molecule has 0 saturated carbocycles. The van der Waals surface area contributed by atoms with E-state index < -0.39 is 17.9 Å². The van der Waals surface area contributed by atoms with Gasteiger partial charge in [0.2, 0.25) is 5.76 Å². The Morgan fingerprint density at radius 1 is 1.27 bits per heavy atom. The molecule has 0 unspecified atom stereocenters. The van der Waals surface area contributed by atoms with Crippen molar-refractivity contribution in [3.63, 3.8) is 0 Å².